The summed E-state index contributed by atoms with van der Waals surface area (Å²) in [6.07, 6.45) is 0. The zero-order chi connectivity index (χ0) is 34.1. The monoisotopic (exact) mass is 652 g/mol. The Morgan fingerprint density at radius 1 is 0.471 bits per heavy atom. The second-order valence-electron chi connectivity index (χ2n) is 15.3. The summed E-state index contributed by atoms with van der Waals surface area (Å²) in [5.74, 6) is 0.868. The SMILES string of the molecule is CC(C)c1ccc2c(c1)c1cc(C(C)C)cc3c1n2-c1cccc2c1B3c1c3ccccc3cc3c(-c4ccccc4)c(-c4ccccc4)n-2c13. The van der Waals surface area contributed by atoms with Crippen LogP contribution in [0.3, 0.4) is 0 Å². The normalized spacial score (nSPS) is 13.0. The van der Waals surface area contributed by atoms with Gasteiger partial charge in [0.15, 0.2) is 0 Å². The van der Waals surface area contributed by atoms with E-state index in [1.165, 1.54) is 105 Å². The van der Waals surface area contributed by atoms with E-state index in [0.717, 1.165) is 0 Å². The minimum Gasteiger partial charge on any atom is -0.310 e. The summed E-state index contributed by atoms with van der Waals surface area (Å²) >= 11 is 0. The van der Waals surface area contributed by atoms with Crippen LogP contribution in [0.5, 0.6) is 0 Å². The van der Waals surface area contributed by atoms with Gasteiger partial charge in [0.05, 0.1) is 16.7 Å². The number of fused-ring (bicyclic) bond motifs is 9. The smallest absolute Gasteiger partial charge is 0.253 e. The van der Waals surface area contributed by atoms with Crippen LogP contribution in [0.1, 0.15) is 50.7 Å². The largest absolute Gasteiger partial charge is 0.310 e. The van der Waals surface area contributed by atoms with E-state index in [1.54, 1.807) is 0 Å². The van der Waals surface area contributed by atoms with Crippen molar-refractivity contribution in [3.8, 4) is 33.8 Å². The third kappa shape index (κ3) is 3.79. The average Bonchev–Trinajstić information content (AvgIpc) is 3.68. The molecule has 2 nitrogen and oxygen atoms in total. The Bertz CT molecular complexity index is 2910. The first-order valence-electron chi connectivity index (χ1n) is 18.5. The molecule has 3 heteroatoms. The Balaban J connectivity index is 1.40. The Morgan fingerprint density at radius 3 is 1.88 bits per heavy atom. The highest BCUT2D eigenvalue weighted by atomic mass is 15.0. The number of aromatic nitrogens is 2. The van der Waals surface area contributed by atoms with Crippen molar-refractivity contribution in [2.24, 2.45) is 0 Å². The molecule has 2 aliphatic rings. The van der Waals surface area contributed by atoms with Gasteiger partial charge in [-0.1, -0.05) is 131 Å². The maximum absolute atomic E-state index is 2.63. The van der Waals surface area contributed by atoms with Gasteiger partial charge >= 0.3 is 0 Å². The summed E-state index contributed by atoms with van der Waals surface area (Å²) in [6.45, 7) is 9.38. The Labute approximate surface area is 298 Å². The summed E-state index contributed by atoms with van der Waals surface area (Å²) in [5.41, 5.74) is 18.6. The number of hydrogen-bond acceptors (Lipinski definition) is 0. The van der Waals surface area contributed by atoms with Crippen LogP contribution < -0.4 is 16.4 Å². The van der Waals surface area contributed by atoms with Crippen LogP contribution in [0.2, 0.25) is 0 Å². The lowest BCUT2D eigenvalue weighted by molar-refractivity contribution is 0.868. The molecule has 11 rings (SSSR count). The highest BCUT2D eigenvalue weighted by Gasteiger charge is 2.43. The average molecular weight is 653 g/mol. The molecule has 0 saturated carbocycles. The minimum atomic E-state index is 0.0852. The molecule has 51 heavy (non-hydrogen) atoms. The molecule has 0 unspecified atom stereocenters. The fourth-order valence-electron chi connectivity index (χ4n) is 9.51. The van der Waals surface area contributed by atoms with E-state index < -0.39 is 0 Å². The van der Waals surface area contributed by atoms with Crippen LogP contribution in [-0.2, 0) is 0 Å². The van der Waals surface area contributed by atoms with E-state index in [-0.39, 0.29) is 6.71 Å². The maximum atomic E-state index is 2.63. The molecule has 0 N–H and O–H groups in total. The van der Waals surface area contributed by atoms with Gasteiger partial charge < -0.3 is 9.13 Å². The van der Waals surface area contributed by atoms with Crippen LogP contribution in [0.4, 0.5) is 0 Å². The molecule has 0 aliphatic carbocycles. The van der Waals surface area contributed by atoms with Crippen LogP contribution in [-0.4, -0.2) is 15.8 Å². The van der Waals surface area contributed by atoms with Crippen molar-refractivity contribution in [1.82, 2.24) is 9.13 Å². The fourth-order valence-corrected chi connectivity index (χ4v) is 9.51. The van der Waals surface area contributed by atoms with Gasteiger partial charge in [0, 0.05) is 38.6 Å². The van der Waals surface area contributed by atoms with Crippen molar-refractivity contribution < 1.29 is 0 Å². The fraction of sp³-hybridized carbons (Fsp3) is 0.125. The molecule has 0 radical (unpaired) electrons. The van der Waals surface area contributed by atoms with Gasteiger partial charge in [-0.15, -0.1) is 0 Å². The second kappa shape index (κ2) is 10.4. The van der Waals surface area contributed by atoms with Gasteiger partial charge in [0.1, 0.15) is 0 Å². The molecule has 2 aromatic heterocycles. The summed E-state index contributed by atoms with van der Waals surface area (Å²) < 4.78 is 5.22. The minimum absolute atomic E-state index is 0.0852. The van der Waals surface area contributed by atoms with Crippen LogP contribution >= 0.6 is 0 Å². The Hall–Kier alpha value is -5.80. The molecule has 9 aromatic rings. The maximum Gasteiger partial charge on any atom is 0.253 e. The summed E-state index contributed by atoms with van der Waals surface area (Å²) in [7, 11) is 0. The lowest BCUT2D eigenvalue weighted by atomic mass is 9.33. The molecule has 0 atom stereocenters. The molecular formula is C48H37BN2. The molecule has 2 aliphatic heterocycles. The second-order valence-corrected chi connectivity index (χ2v) is 15.3. The molecule has 242 valence electrons. The van der Waals surface area contributed by atoms with Crippen molar-refractivity contribution in [2.45, 2.75) is 39.5 Å². The van der Waals surface area contributed by atoms with Crippen molar-refractivity contribution in [1.29, 1.82) is 0 Å². The summed E-state index contributed by atoms with van der Waals surface area (Å²) in [4.78, 5) is 0. The number of rotatable bonds is 4. The van der Waals surface area contributed by atoms with E-state index in [2.05, 4.69) is 176 Å². The van der Waals surface area contributed by atoms with Gasteiger partial charge in [0.25, 0.3) is 6.71 Å². The highest BCUT2D eigenvalue weighted by Crippen LogP contribution is 2.46. The molecule has 0 spiro atoms. The number of hydrogen-bond donors (Lipinski definition) is 0. The van der Waals surface area contributed by atoms with Gasteiger partial charge in [-0.05, 0) is 97.6 Å². The predicted octanol–water partition coefficient (Wildman–Crippen LogP) is 10.6. The van der Waals surface area contributed by atoms with Crippen molar-refractivity contribution in [2.75, 3.05) is 0 Å². The topological polar surface area (TPSA) is 9.86 Å². The first-order valence-corrected chi connectivity index (χ1v) is 18.5. The lowest BCUT2D eigenvalue weighted by Gasteiger charge is -2.35. The predicted molar refractivity (Wildman–Crippen MR) is 219 cm³/mol. The molecule has 0 bridgehead atoms. The van der Waals surface area contributed by atoms with E-state index in [0.29, 0.717) is 11.8 Å². The van der Waals surface area contributed by atoms with E-state index in [4.69, 9.17) is 0 Å². The van der Waals surface area contributed by atoms with Gasteiger partial charge in [-0.2, -0.15) is 0 Å². The van der Waals surface area contributed by atoms with Crippen LogP contribution in [0, 0.1) is 0 Å². The van der Waals surface area contributed by atoms with E-state index in [9.17, 15) is 0 Å². The van der Waals surface area contributed by atoms with Crippen LogP contribution in [0.25, 0.3) is 77.2 Å². The van der Waals surface area contributed by atoms with E-state index >= 15 is 0 Å². The first kappa shape index (κ1) is 29.0. The Morgan fingerprint density at radius 2 is 1.14 bits per heavy atom. The third-order valence-corrected chi connectivity index (χ3v) is 11.8. The quantitative estimate of drug-likeness (QED) is 0.168. The first-order chi connectivity index (χ1) is 25.0. The van der Waals surface area contributed by atoms with Crippen molar-refractivity contribution >= 4 is 66.6 Å². The highest BCUT2D eigenvalue weighted by molar-refractivity contribution is 7.01. The van der Waals surface area contributed by atoms with Crippen LogP contribution in [0.15, 0.2) is 140 Å². The molecule has 0 saturated heterocycles. The summed E-state index contributed by atoms with van der Waals surface area (Å²) in [5, 5.41) is 6.67. The molecular weight excluding hydrogens is 615 g/mol. The van der Waals surface area contributed by atoms with Gasteiger partial charge in [0.2, 0.25) is 0 Å². The van der Waals surface area contributed by atoms with Crippen molar-refractivity contribution in [3.05, 3.63) is 151 Å². The molecule has 7 aromatic carbocycles. The van der Waals surface area contributed by atoms with Crippen molar-refractivity contribution in [3.63, 3.8) is 0 Å². The molecule has 4 heterocycles. The van der Waals surface area contributed by atoms with Gasteiger partial charge in [-0.25, -0.2) is 0 Å². The molecule has 0 fully saturated rings. The standard InChI is InChI=1S/C48H37BN2/c1-28(2)32-22-23-40-36(24-32)37-26-34(29(3)4)27-39-47(37)50(40)41-20-13-21-42-45(41)49(39)44-35-19-12-11-18-33(35)25-38-43(30-14-7-5-8-15-30)46(51(42)48(38)44)31-16-9-6-10-17-31/h5-29H,1-4H3. The third-order valence-electron chi connectivity index (χ3n) is 11.8. The van der Waals surface area contributed by atoms with E-state index in [1.807, 2.05) is 0 Å². The zero-order valence-corrected chi connectivity index (χ0v) is 29.4. The summed E-state index contributed by atoms with van der Waals surface area (Å²) in [6, 6.07) is 52.9. The Kier molecular flexibility index (Phi) is 5.89. The van der Waals surface area contributed by atoms with Gasteiger partial charge in [-0.3, -0.25) is 0 Å². The number of nitrogens with zero attached hydrogens (tertiary/aromatic N) is 2. The lowest BCUT2D eigenvalue weighted by Crippen LogP contribution is -2.59. The number of benzene rings is 7. The zero-order valence-electron chi connectivity index (χ0n) is 29.4. The molecule has 0 amide bonds.